The Kier molecular flexibility index (Phi) is 15.0. The van der Waals surface area contributed by atoms with Gasteiger partial charge in [0.05, 0.1) is 51.3 Å². The Morgan fingerprint density at radius 1 is 0.691 bits per heavy atom. The third-order valence-electron chi connectivity index (χ3n) is 12.1. The molecule has 11 atom stereocenters. The summed E-state index contributed by atoms with van der Waals surface area (Å²) in [6.07, 6.45) is -9.20. The summed E-state index contributed by atoms with van der Waals surface area (Å²) in [4.78, 5) is 43.5. The van der Waals surface area contributed by atoms with Gasteiger partial charge in [-0.15, -0.1) is 6.58 Å². The molecule has 0 aromatic heterocycles. The maximum absolute atomic E-state index is 14.6. The van der Waals surface area contributed by atoms with E-state index < -0.39 is 85.4 Å². The quantitative estimate of drug-likeness (QED) is 0.0503. The van der Waals surface area contributed by atoms with Gasteiger partial charge in [-0.05, 0) is 47.5 Å². The summed E-state index contributed by atoms with van der Waals surface area (Å²) in [5.41, 5.74) is 2.88. The molecule has 4 heterocycles. The molecule has 4 aliphatic rings. The van der Waals surface area contributed by atoms with Crippen molar-refractivity contribution in [1.29, 1.82) is 0 Å². The van der Waals surface area contributed by atoms with E-state index in [4.69, 9.17) is 52.1 Å². The maximum atomic E-state index is 14.6. The number of carbonyl (C=O) groups is 3. The smallest absolute Gasteiger partial charge is 0.303 e. The second-order valence-corrected chi connectivity index (χ2v) is 16.6. The molecule has 0 saturated carbocycles. The van der Waals surface area contributed by atoms with Crippen LogP contribution in [0.1, 0.15) is 50.6 Å². The zero-order chi connectivity index (χ0) is 47.0. The molecule has 5 aromatic carbocycles. The molecule has 0 bridgehead atoms. The van der Waals surface area contributed by atoms with Gasteiger partial charge in [0.15, 0.2) is 18.7 Å². The van der Waals surface area contributed by atoms with Crippen LogP contribution in [0.4, 0.5) is 0 Å². The fraction of sp³-hybridized carbons (Fsp3) is 0.340. The predicted molar refractivity (Wildman–Crippen MR) is 243 cm³/mol. The molecule has 3 saturated heterocycles. The summed E-state index contributed by atoms with van der Waals surface area (Å²) in [6.45, 7) is 5.37. The van der Waals surface area contributed by atoms with Crippen molar-refractivity contribution >= 4 is 17.8 Å². The minimum absolute atomic E-state index is 0.00903. The highest BCUT2D eigenvalue weighted by Gasteiger charge is 2.59. The Morgan fingerprint density at radius 2 is 1.31 bits per heavy atom. The van der Waals surface area contributed by atoms with Crippen molar-refractivity contribution < 1.29 is 66.5 Å². The van der Waals surface area contributed by atoms with Gasteiger partial charge in [-0.3, -0.25) is 19.3 Å². The number of hydrogen-bond acceptors (Lipinski definition) is 14. The van der Waals surface area contributed by atoms with Crippen molar-refractivity contribution in [2.75, 3.05) is 26.9 Å². The molecule has 3 fully saturated rings. The van der Waals surface area contributed by atoms with Crippen molar-refractivity contribution in [1.82, 2.24) is 4.90 Å². The molecule has 1 unspecified atom stereocenters. The van der Waals surface area contributed by atoms with Gasteiger partial charge in [-0.1, -0.05) is 109 Å². The predicted octanol–water partition coefficient (Wildman–Crippen LogP) is 6.99. The van der Waals surface area contributed by atoms with Gasteiger partial charge in [-0.25, -0.2) is 0 Å². The molecule has 68 heavy (non-hydrogen) atoms. The zero-order valence-electron chi connectivity index (χ0n) is 37.6. The van der Waals surface area contributed by atoms with Crippen LogP contribution in [-0.2, 0) is 60.6 Å². The Morgan fingerprint density at radius 3 is 1.94 bits per heavy atom. The van der Waals surface area contributed by atoms with Crippen LogP contribution < -0.4 is 9.47 Å². The van der Waals surface area contributed by atoms with Gasteiger partial charge in [0, 0.05) is 12.5 Å². The minimum atomic E-state index is -1.38. The van der Waals surface area contributed by atoms with Crippen LogP contribution in [0.5, 0.6) is 11.5 Å². The second-order valence-electron chi connectivity index (χ2n) is 16.6. The number of benzene rings is 5. The average molecular weight is 928 g/mol. The van der Waals surface area contributed by atoms with Crippen LogP contribution in [0, 0.1) is 0 Å². The maximum Gasteiger partial charge on any atom is 0.303 e. The Hall–Kier alpha value is -6.27. The molecule has 5 aromatic rings. The van der Waals surface area contributed by atoms with E-state index in [1.807, 2.05) is 91.0 Å². The van der Waals surface area contributed by atoms with Crippen LogP contribution >= 0.6 is 0 Å². The highest BCUT2D eigenvalue weighted by molar-refractivity contribution is 6.21. The number of fused-ring (bicyclic) bond motifs is 2. The molecule has 9 rings (SSSR count). The first-order valence-electron chi connectivity index (χ1n) is 22.5. The normalized spacial score (nSPS) is 27.7. The summed E-state index contributed by atoms with van der Waals surface area (Å²) < 4.78 is 71.5. The lowest BCUT2D eigenvalue weighted by atomic mass is 9.93. The molecule has 4 aliphatic heterocycles. The Bertz CT molecular complexity index is 2440. The van der Waals surface area contributed by atoms with Gasteiger partial charge in [0.25, 0.3) is 11.8 Å². The van der Waals surface area contributed by atoms with E-state index in [9.17, 15) is 14.4 Å². The fourth-order valence-electron chi connectivity index (χ4n) is 8.93. The molecular weight excluding hydrogens is 875 g/mol. The second kappa shape index (κ2) is 21.8. The van der Waals surface area contributed by atoms with Gasteiger partial charge in [-0.2, -0.15) is 0 Å². The third-order valence-corrected chi connectivity index (χ3v) is 12.1. The summed E-state index contributed by atoms with van der Waals surface area (Å²) in [6, 6.07) is 40.6. The first-order valence-corrected chi connectivity index (χ1v) is 22.5. The summed E-state index contributed by atoms with van der Waals surface area (Å²) in [5.74, 6) is -0.857. The van der Waals surface area contributed by atoms with E-state index in [2.05, 4.69) is 6.58 Å². The topological polar surface area (TPSA) is 156 Å². The van der Waals surface area contributed by atoms with Crippen LogP contribution in [0.2, 0.25) is 0 Å². The number of esters is 1. The lowest BCUT2D eigenvalue weighted by Gasteiger charge is -2.52. The van der Waals surface area contributed by atoms with Crippen molar-refractivity contribution in [2.24, 2.45) is 0 Å². The zero-order valence-corrected chi connectivity index (χ0v) is 37.6. The van der Waals surface area contributed by atoms with Gasteiger partial charge in [0.2, 0.25) is 6.29 Å². The molecule has 0 radical (unpaired) electrons. The van der Waals surface area contributed by atoms with Crippen molar-refractivity contribution in [3.63, 3.8) is 0 Å². The molecule has 354 valence electrons. The number of methoxy groups -OCH3 is 1. The number of carbonyl (C=O) groups excluding carboxylic acids is 3. The molecule has 2 amide bonds. The van der Waals surface area contributed by atoms with Crippen LogP contribution in [-0.4, -0.2) is 111 Å². The minimum Gasteiger partial charge on any atom is -0.497 e. The number of imide groups is 1. The van der Waals surface area contributed by atoms with Crippen molar-refractivity contribution in [3.05, 3.63) is 180 Å². The largest absolute Gasteiger partial charge is 0.497 e. The van der Waals surface area contributed by atoms with Crippen molar-refractivity contribution in [2.45, 2.75) is 87.8 Å². The number of ether oxygens (including phenoxy) is 11. The fourth-order valence-corrected chi connectivity index (χ4v) is 8.93. The van der Waals surface area contributed by atoms with Gasteiger partial charge in [0.1, 0.15) is 54.2 Å². The van der Waals surface area contributed by atoms with Crippen LogP contribution in [0.3, 0.4) is 0 Å². The number of amides is 2. The average Bonchev–Trinajstić information content (AvgIpc) is 3.62. The first-order chi connectivity index (χ1) is 33.3. The molecule has 15 nitrogen and oxygen atoms in total. The Labute approximate surface area is 394 Å². The van der Waals surface area contributed by atoms with E-state index in [0.29, 0.717) is 11.5 Å². The SMILES string of the molecule is C=CCO[C@@H]1[C@@H](OC(C)=O)[C@H](O[C@H]2[C@H](OCc3ccccc3)[C@@H](N3C(=O)c4ccccc4C3=O)[C@H](Oc3ccc(OC)cc3)O[C@@H]2COCc2ccccc2)O[C@@H]2COC(c3ccccc3)O[C@@H]12. The highest BCUT2D eigenvalue weighted by Crippen LogP contribution is 2.41. The summed E-state index contributed by atoms with van der Waals surface area (Å²) in [7, 11) is 1.55. The molecular formula is C53H53NO14. The molecule has 0 aliphatic carbocycles. The molecule has 0 N–H and O–H groups in total. The van der Waals surface area contributed by atoms with E-state index >= 15 is 0 Å². The molecule has 0 spiro atoms. The summed E-state index contributed by atoms with van der Waals surface area (Å²) >= 11 is 0. The number of hydrogen-bond donors (Lipinski definition) is 0. The molecule has 15 heteroatoms. The van der Waals surface area contributed by atoms with Gasteiger partial charge < -0.3 is 52.1 Å². The monoisotopic (exact) mass is 927 g/mol. The van der Waals surface area contributed by atoms with Crippen LogP contribution in [0.25, 0.3) is 0 Å². The number of rotatable bonds is 18. The van der Waals surface area contributed by atoms with E-state index in [0.717, 1.165) is 21.6 Å². The lowest BCUT2D eigenvalue weighted by molar-refractivity contribution is -0.385. The van der Waals surface area contributed by atoms with E-state index in [1.54, 1.807) is 61.7 Å². The summed E-state index contributed by atoms with van der Waals surface area (Å²) in [5, 5.41) is 0. The first kappa shape index (κ1) is 46.8. The van der Waals surface area contributed by atoms with Crippen LogP contribution in [0.15, 0.2) is 152 Å². The van der Waals surface area contributed by atoms with E-state index in [-0.39, 0.29) is 44.2 Å². The Balaban J connectivity index is 1.13. The standard InChI is InChI=1S/C53H53NO14/c1-4-28-60-47-45-42(32-62-51(67-45)36-20-12-7-13-21-36)66-53(48(47)63-33(2)55)68-44-41(31-59-29-34-16-8-5-9-17-34)65-52(64-38-26-24-37(58-3)25-27-38)43(46(44)61-30-35-18-10-6-11-19-35)54-49(56)39-22-14-15-23-40(39)50(54)57/h4-27,41-48,51-53H,1,28-32H2,2-3H3/t41-,42-,43-,44-,45-,46-,47+,48-,51?,52-,53+/m1/s1. The van der Waals surface area contributed by atoms with E-state index in [1.165, 1.54) is 6.92 Å². The third kappa shape index (κ3) is 10.4. The van der Waals surface area contributed by atoms with Crippen molar-refractivity contribution in [3.8, 4) is 11.5 Å². The lowest BCUT2D eigenvalue weighted by Crippen LogP contribution is -2.70. The van der Waals surface area contributed by atoms with Gasteiger partial charge >= 0.3 is 5.97 Å². The number of nitrogens with zero attached hydrogens (tertiary/aromatic N) is 1. The highest BCUT2D eigenvalue weighted by atomic mass is 16.8.